The highest BCUT2D eigenvalue weighted by Gasteiger charge is 2.26. The molecule has 1 saturated heterocycles. The lowest BCUT2D eigenvalue weighted by Crippen LogP contribution is -2.49. The van der Waals surface area contributed by atoms with Gasteiger partial charge >= 0.3 is 5.97 Å². The molecular weight excluding hydrogens is 248 g/mol. The molecule has 2 atom stereocenters. The number of thioether (sulfide) groups is 2. The van der Waals surface area contributed by atoms with Crippen molar-refractivity contribution in [3.8, 4) is 0 Å². The number of nitrogens with one attached hydrogen (secondary N) is 2. The molecule has 1 heterocycles. The molecule has 0 aliphatic carbocycles. The van der Waals surface area contributed by atoms with E-state index < -0.39 is 12.0 Å². The molecule has 3 N–H and O–H groups in total. The van der Waals surface area contributed by atoms with Gasteiger partial charge < -0.3 is 10.4 Å². The minimum absolute atomic E-state index is 0.210. The van der Waals surface area contributed by atoms with E-state index >= 15 is 0 Å². The fourth-order valence-electron chi connectivity index (χ4n) is 1.33. The number of carbonyl (C=O) groups excluding carboxylic acids is 1. The molecule has 1 aliphatic rings. The molecule has 0 aromatic heterocycles. The van der Waals surface area contributed by atoms with Gasteiger partial charge in [-0.1, -0.05) is 0 Å². The summed E-state index contributed by atoms with van der Waals surface area (Å²) in [5, 5.41) is 14.5. The van der Waals surface area contributed by atoms with Crippen LogP contribution in [0.5, 0.6) is 0 Å². The van der Waals surface area contributed by atoms with Gasteiger partial charge in [0.05, 0.1) is 6.04 Å². The van der Waals surface area contributed by atoms with E-state index in [1.165, 1.54) is 0 Å². The monoisotopic (exact) mass is 264 g/mol. The fourth-order valence-corrected chi connectivity index (χ4v) is 2.74. The van der Waals surface area contributed by atoms with Crippen molar-refractivity contribution in [3.63, 3.8) is 0 Å². The second-order valence-electron chi connectivity index (χ2n) is 3.45. The first-order chi connectivity index (χ1) is 7.65. The summed E-state index contributed by atoms with van der Waals surface area (Å²) in [6.07, 6.45) is 2.37. The summed E-state index contributed by atoms with van der Waals surface area (Å²) in [5.41, 5.74) is 0. The number of carbonyl (C=O) groups is 2. The second kappa shape index (κ2) is 7.03. The normalized spacial score (nSPS) is 21.7. The molecule has 0 aromatic carbocycles. The third-order valence-corrected chi connectivity index (χ3v) is 3.84. The predicted molar refractivity (Wildman–Crippen MR) is 66.8 cm³/mol. The molecule has 1 aliphatic heterocycles. The standard InChI is InChI=1S/C9H16N2O3S2/c1-15-3-2-6(9(13)14)11-8(12)7-4-16-5-10-7/h6-7,10H,2-5H2,1H3,(H,11,12)(H,13,14)/t6-,7?/m0/s1. The van der Waals surface area contributed by atoms with Crippen molar-refractivity contribution in [1.29, 1.82) is 0 Å². The van der Waals surface area contributed by atoms with Gasteiger partial charge in [-0.3, -0.25) is 10.1 Å². The number of carboxylic acids is 1. The van der Waals surface area contributed by atoms with Crippen LogP contribution in [-0.2, 0) is 9.59 Å². The average Bonchev–Trinajstić information content (AvgIpc) is 2.76. The fraction of sp³-hybridized carbons (Fsp3) is 0.778. The number of hydrogen-bond donors (Lipinski definition) is 3. The van der Waals surface area contributed by atoms with Crippen molar-refractivity contribution in [2.45, 2.75) is 18.5 Å². The van der Waals surface area contributed by atoms with E-state index in [9.17, 15) is 9.59 Å². The summed E-state index contributed by atoms with van der Waals surface area (Å²) in [7, 11) is 0. The van der Waals surface area contributed by atoms with Crippen molar-refractivity contribution in [3.05, 3.63) is 0 Å². The highest BCUT2D eigenvalue weighted by molar-refractivity contribution is 7.99. The molecule has 92 valence electrons. The van der Waals surface area contributed by atoms with Crippen molar-refractivity contribution >= 4 is 35.4 Å². The van der Waals surface area contributed by atoms with Crippen LogP contribution in [-0.4, -0.2) is 52.7 Å². The van der Waals surface area contributed by atoms with Gasteiger partial charge in [-0.25, -0.2) is 4.79 Å². The van der Waals surface area contributed by atoms with Crippen LogP contribution < -0.4 is 10.6 Å². The first-order valence-corrected chi connectivity index (χ1v) is 7.53. The minimum Gasteiger partial charge on any atom is -0.480 e. The van der Waals surface area contributed by atoms with Crippen LogP contribution in [0, 0.1) is 0 Å². The molecule has 1 amide bonds. The molecule has 0 bridgehead atoms. The van der Waals surface area contributed by atoms with E-state index in [4.69, 9.17) is 5.11 Å². The number of carboxylic acid groups (broad SMARTS) is 1. The molecule has 0 saturated carbocycles. The third kappa shape index (κ3) is 4.23. The molecule has 16 heavy (non-hydrogen) atoms. The Hall–Kier alpha value is -0.400. The van der Waals surface area contributed by atoms with Crippen LogP contribution in [0.1, 0.15) is 6.42 Å². The van der Waals surface area contributed by atoms with Crippen LogP contribution in [0.4, 0.5) is 0 Å². The van der Waals surface area contributed by atoms with Crippen LogP contribution in [0.2, 0.25) is 0 Å². The number of rotatable bonds is 6. The van der Waals surface area contributed by atoms with Crippen LogP contribution in [0.3, 0.4) is 0 Å². The highest BCUT2D eigenvalue weighted by Crippen LogP contribution is 2.10. The number of hydrogen-bond acceptors (Lipinski definition) is 5. The lowest BCUT2D eigenvalue weighted by atomic mass is 10.2. The Kier molecular flexibility index (Phi) is 6.00. The Labute approximate surface area is 103 Å². The predicted octanol–water partition coefficient (Wildman–Crippen LogP) is -0.0286. The molecule has 5 nitrogen and oxygen atoms in total. The maximum atomic E-state index is 11.7. The molecule has 0 spiro atoms. The maximum absolute atomic E-state index is 11.7. The summed E-state index contributed by atoms with van der Waals surface area (Å²) in [4.78, 5) is 22.6. The van der Waals surface area contributed by atoms with Crippen molar-refractivity contribution in [1.82, 2.24) is 10.6 Å². The van der Waals surface area contributed by atoms with Crippen molar-refractivity contribution in [2.24, 2.45) is 0 Å². The van der Waals surface area contributed by atoms with E-state index in [1.54, 1.807) is 23.5 Å². The van der Waals surface area contributed by atoms with Gasteiger partial charge in [0, 0.05) is 11.6 Å². The van der Waals surface area contributed by atoms with Gasteiger partial charge in [-0.05, 0) is 18.4 Å². The molecule has 0 aromatic rings. The largest absolute Gasteiger partial charge is 0.480 e. The topological polar surface area (TPSA) is 78.4 Å². The van der Waals surface area contributed by atoms with Crippen molar-refractivity contribution in [2.75, 3.05) is 23.6 Å². The number of amides is 1. The van der Waals surface area contributed by atoms with Crippen LogP contribution >= 0.6 is 23.5 Å². The Balaban J connectivity index is 2.40. The minimum atomic E-state index is -0.965. The molecule has 7 heteroatoms. The zero-order valence-electron chi connectivity index (χ0n) is 9.06. The van der Waals surface area contributed by atoms with Gasteiger partial charge in [0.1, 0.15) is 6.04 Å². The quantitative estimate of drug-likeness (QED) is 0.625. The first-order valence-electron chi connectivity index (χ1n) is 4.98. The zero-order chi connectivity index (χ0) is 12.0. The molecule has 1 rings (SSSR count). The van der Waals surface area contributed by atoms with Gasteiger partial charge in [-0.2, -0.15) is 11.8 Å². The Morgan fingerprint density at radius 2 is 2.44 bits per heavy atom. The van der Waals surface area contributed by atoms with Crippen LogP contribution in [0.25, 0.3) is 0 Å². The molecule has 1 fully saturated rings. The second-order valence-corrected chi connectivity index (χ2v) is 5.47. The SMILES string of the molecule is CSCC[C@H](NC(=O)C1CSCN1)C(=O)O. The molecule has 0 radical (unpaired) electrons. The lowest BCUT2D eigenvalue weighted by molar-refractivity contribution is -0.142. The van der Waals surface area contributed by atoms with E-state index in [-0.39, 0.29) is 11.9 Å². The lowest BCUT2D eigenvalue weighted by Gasteiger charge is -2.16. The Bertz CT molecular complexity index is 257. The van der Waals surface area contributed by atoms with E-state index in [0.717, 1.165) is 11.6 Å². The highest BCUT2D eigenvalue weighted by atomic mass is 32.2. The van der Waals surface area contributed by atoms with E-state index in [1.807, 2.05) is 6.26 Å². The summed E-state index contributed by atoms with van der Waals surface area (Å²) in [6, 6.07) is -1.02. The average molecular weight is 264 g/mol. The maximum Gasteiger partial charge on any atom is 0.326 e. The van der Waals surface area contributed by atoms with Crippen molar-refractivity contribution < 1.29 is 14.7 Å². The summed E-state index contributed by atoms with van der Waals surface area (Å²) >= 11 is 3.21. The van der Waals surface area contributed by atoms with Gasteiger partial charge in [0.2, 0.25) is 5.91 Å². The molecule has 1 unspecified atom stereocenters. The third-order valence-electron chi connectivity index (χ3n) is 2.26. The first kappa shape index (κ1) is 13.7. The molecular formula is C9H16N2O3S2. The smallest absolute Gasteiger partial charge is 0.326 e. The van der Waals surface area contributed by atoms with E-state index in [0.29, 0.717) is 12.2 Å². The number of aliphatic carboxylic acids is 1. The van der Waals surface area contributed by atoms with Crippen LogP contribution in [0.15, 0.2) is 0 Å². The zero-order valence-corrected chi connectivity index (χ0v) is 10.7. The van der Waals surface area contributed by atoms with E-state index in [2.05, 4.69) is 10.6 Å². The van der Waals surface area contributed by atoms with Gasteiger partial charge in [0.15, 0.2) is 0 Å². The van der Waals surface area contributed by atoms with Gasteiger partial charge in [-0.15, -0.1) is 11.8 Å². The summed E-state index contributed by atoms with van der Waals surface area (Å²) in [5.74, 6) is 1.01. The Morgan fingerprint density at radius 3 is 2.94 bits per heavy atom. The van der Waals surface area contributed by atoms with Gasteiger partial charge in [0.25, 0.3) is 0 Å². The summed E-state index contributed by atoms with van der Waals surface area (Å²) in [6.45, 7) is 0. The summed E-state index contributed by atoms with van der Waals surface area (Å²) < 4.78 is 0. The Morgan fingerprint density at radius 1 is 1.69 bits per heavy atom.